The number of pyridine rings is 1. The summed E-state index contributed by atoms with van der Waals surface area (Å²) in [6.45, 7) is 7.49. The largest absolute Gasteiger partial charge is 0.353 e. The van der Waals surface area contributed by atoms with Gasteiger partial charge in [0.1, 0.15) is 5.82 Å². The molecular formula is C17H25N3. The Labute approximate surface area is 122 Å². The Hall–Kier alpha value is -1.35. The lowest BCUT2D eigenvalue weighted by atomic mass is 10.1. The minimum absolute atomic E-state index is 0.481. The van der Waals surface area contributed by atoms with Gasteiger partial charge in [0.25, 0.3) is 0 Å². The van der Waals surface area contributed by atoms with Crippen LogP contribution in [0.3, 0.4) is 0 Å². The van der Waals surface area contributed by atoms with Crippen LogP contribution in [0, 0.1) is 0 Å². The number of nitrogens with zero attached hydrogens (tertiary/aromatic N) is 2. The standard InChI is InChI=1S/C17H25N3/c1-13(2)16-10-14(12-18-15-6-7-15)11-17(19-16)20-8-4-3-5-9-20/h3-4,10-11,13,15,18H,5-9,12H2,1-2H3. The molecule has 20 heavy (non-hydrogen) atoms. The van der Waals surface area contributed by atoms with Gasteiger partial charge in [-0.25, -0.2) is 4.98 Å². The van der Waals surface area contributed by atoms with E-state index in [9.17, 15) is 0 Å². The molecule has 2 heterocycles. The van der Waals surface area contributed by atoms with Crippen molar-refractivity contribution in [2.45, 2.75) is 51.6 Å². The van der Waals surface area contributed by atoms with Crippen LogP contribution in [0.25, 0.3) is 0 Å². The predicted molar refractivity (Wildman–Crippen MR) is 84.2 cm³/mol. The molecule has 3 nitrogen and oxygen atoms in total. The van der Waals surface area contributed by atoms with E-state index in [-0.39, 0.29) is 0 Å². The quantitative estimate of drug-likeness (QED) is 0.833. The fraction of sp³-hybridized carbons (Fsp3) is 0.588. The summed E-state index contributed by atoms with van der Waals surface area (Å²) in [5.74, 6) is 1.63. The van der Waals surface area contributed by atoms with Gasteiger partial charge in [0.2, 0.25) is 0 Å². The highest BCUT2D eigenvalue weighted by Crippen LogP contribution is 2.23. The highest BCUT2D eigenvalue weighted by molar-refractivity contribution is 5.44. The molecule has 3 rings (SSSR count). The fourth-order valence-corrected chi connectivity index (χ4v) is 2.55. The van der Waals surface area contributed by atoms with Crippen LogP contribution < -0.4 is 10.2 Å². The summed E-state index contributed by atoms with van der Waals surface area (Å²) in [4.78, 5) is 7.25. The molecule has 1 aromatic heterocycles. The average Bonchev–Trinajstić information content (AvgIpc) is 3.30. The van der Waals surface area contributed by atoms with Gasteiger partial charge in [-0.3, -0.25) is 0 Å². The molecule has 0 spiro atoms. The summed E-state index contributed by atoms with van der Waals surface area (Å²) in [5, 5.41) is 3.61. The summed E-state index contributed by atoms with van der Waals surface area (Å²) in [6.07, 6.45) is 8.31. The molecule has 0 saturated heterocycles. The van der Waals surface area contributed by atoms with Crippen LogP contribution in [0.15, 0.2) is 24.3 Å². The lowest BCUT2D eigenvalue weighted by Crippen LogP contribution is -2.28. The van der Waals surface area contributed by atoms with E-state index in [0.29, 0.717) is 5.92 Å². The average molecular weight is 271 g/mol. The van der Waals surface area contributed by atoms with Gasteiger partial charge in [-0.05, 0) is 42.9 Å². The number of hydrogen-bond acceptors (Lipinski definition) is 3. The predicted octanol–water partition coefficient (Wildman–Crippen LogP) is 3.22. The first-order valence-corrected chi connectivity index (χ1v) is 7.86. The first-order chi connectivity index (χ1) is 9.72. The first-order valence-electron chi connectivity index (χ1n) is 7.86. The molecular weight excluding hydrogens is 246 g/mol. The second-order valence-corrected chi connectivity index (χ2v) is 6.27. The van der Waals surface area contributed by atoms with E-state index in [2.05, 4.69) is 48.3 Å². The Kier molecular flexibility index (Phi) is 4.06. The molecule has 0 radical (unpaired) electrons. The van der Waals surface area contributed by atoms with Crippen molar-refractivity contribution in [2.24, 2.45) is 0 Å². The Bertz CT molecular complexity index is 489. The van der Waals surface area contributed by atoms with Gasteiger partial charge in [-0.15, -0.1) is 0 Å². The molecule has 108 valence electrons. The minimum Gasteiger partial charge on any atom is -0.353 e. The van der Waals surface area contributed by atoms with Crippen molar-refractivity contribution in [2.75, 3.05) is 18.0 Å². The van der Waals surface area contributed by atoms with Crippen molar-refractivity contribution in [3.8, 4) is 0 Å². The number of aromatic nitrogens is 1. The Morgan fingerprint density at radius 3 is 2.80 bits per heavy atom. The smallest absolute Gasteiger partial charge is 0.129 e. The van der Waals surface area contributed by atoms with Crippen LogP contribution in [0.2, 0.25) is 0 Å². The Balaban J connectivity index is 1.80. The van der Waals surface area contributed by atoms with E-state index in [1.807, 2.05) is 0 Å². The zero-order chi connectivity index (χ0) is 13.9. The van der Waals surface area contributed by atoms with E-state index >= 15 is 0 Å². The summed E-state index contributed by atoms with van der Waals surface area (Å²) in [5.41, 5.74) is 2.59. The third-order valence-electron chi connectivity index (χ3n) is 4.04. The van der Waals surface area contributed by atoms with Gasteiger partial charge in [0, 0.05) is 31.4 Å². The second kappa shape index (κ2) is 5.96. The maximum atomic E-state index is 4.86. The Morgan fingerprint density at radius 1 is 1.30 bits per heavy atom. The molecule has 1 N–H and O–H groups in total. The zero-order valence-corrected chi connectivity index (χ0v) is 12.6. The van der Waals surface area contributed by atoms with E-state index in [4.69, 9.17) is 4.98 Å². The van der Waals surface area contributed by atoms with Crippen molar-refractivity contribution in [3.63, 3.8) is 0 Å². The summed E-state index contributed by atoms with van der Waals surface area (Å²) in [6, 6.07) is 5.29. The third kappa shape index (κ3) is 3.40. The second-order valence-electron chi connectivity index (χ2n) is 6.27. The van der Waals surface area contributed by atoms with E-state index in [1.54, 1.807) is 0 Å². The molecule has 1 saturated carbocycles. The van der Waals surface area contributed by atoms with Crippen LogP contribution in [-0.2, 0) is 6.54 Å². The number of nitrogens with one attached hydrogen (secondary N) is 1. The first kappa shape index (κ1) is 13.6. The molecule has 2 aliphatic rings. The molecule has 0 amide bonds. The fourth-order valence-electron chi connectivity index (χ4n) is 2.55. The monoisotopic (exact) mass is 271 g/mol. The summed E-state index contributed by atoms with van der Waals surface area (Å²) >= 11 is 0. The molecule has 1 aromatic rings. The van der Waals surface area contributed by atoms with Crippen LogP contribution in [-0.4, -0.2) is 24.1 Å². The van der Waals surface area contributed by atoms with Crippen LogP contribution >= 0.6 is 0 Å². The molecule has 1 aliphatic carbocycles. The molecule has 3 heteroatoms. The topological polar surface area (TPSA) is 28.2 Å². The molecule has 1 fully saturated rings. The maximum absolute atomic E-state index is 4.86. The van der Waals surface area contributed by atoms with Crippen molar-refractivity contribution >= 4 is 5.82 Å². The lowest BCUT2D eigenvalue weighted by Gasteiger charge is -2.26. The normalized spacial score (nSPS) is 18.9. The summed E-state index contributed by atoms with van der Waals surface area (Å²) in [7, 11) is 0. The van der Waals surface area contributed by atoms with Crippen molar-refractivity contribution in [1.29, 1.82) is 0 Å². The van der Waals surface area contributed by atoms with E-state index in [1.165, 1.54) is 24.1 Å². The van der Waals surface area contributed by atoms with E-state index < -0.39 is 0 Å². The lowest BCUT2D eigenvalue weighted by molar-refractivity contribution is 0.682. The Morgan fingerprint density at radius 2 is 2.15 bits per heavy atom. The van der Waals surface area contributed by atoms with Gasteiger partial charge in [-0.2, -0.15) is 0 Å². The third-order valence-corrected chi connectivity index (χ3v) is 4.04. The van der Waals surface area contributed by atoms with Crippen LogP contribution in [0.1, 0.15) is 50.3 Å². The van der Waals surface area contributed by atoms with Gasteiger partial charge < -0.3 is 10.2 Å². The van der Waals surface area contributed by atoms with Gasteiger partial charge >= 0.3 is 0 Å². The van der Waals surface area contributed by atoms with Gasteiger partial charge in [-0.1, -0.05) is 26.0 Å². The highest BCUT2D eigenvalue weighted by atomic mass is 15.2. The molecule has 0 atom stereocenters. The molecule has 0 bridgehead atoms. The highest BCUT2D eigenvalue weighted by Gasteiger charge is 2.20. The SMILES string of the molecule is CC(C)c1cc(CNC2CC2)cc(N2CC=CCC2)n1. The van der Waals surface area contributed by atoms with Crippen molar-refractivity contribution in [3.05, 3.63) is 35.5 Å². The number of anilines is 1. The van der Waals surface area contributed by atoms with E-state index in [0.717, 1.165) is 37.9 Å². The zero-order valence-electron chi connectivity index (χ0n) is 12.6. The maximum Gasteiger partial charge on any atom is 0.129 e. The summed E-state index contributed by atoms with van der Waals surface area (Å²) < 4.78 is 0. The van der Waals surface area contributed by atoms with Gasteiger partial charge in [0.15, 0.2) is 0 Å². The number of hydrogen-bond donors (Lipinski definition) is 1. The molecule has 1 aliphatic heterocycles. The van der Waals surface area contributed by atoms with Crippen molar-refractivity contribution in [1.82, 2.24) is 10.3 Å². The van der Waals surface area contributed by atoms with Gasteiger partial charge in [0.05, 0.1) is 0 Å². The minimum atomic E-state index is 0.481. The molecule has 0 aromatic carbocycles. The van der Waals surface area contributed by atoms with Crippen LogP contribution in [0.4, 0.5) is 5.82 Å². The van der Waals surface area contributed by atoms with Crippen molar-refractivity contribution < 1.29 is 0 Å². The number of rotatable bonds is 5. The van der Waals surface area contributed by atoms with Crippen LogP contribution in [0.5, 0.6) is 0 Å². The molecule has 0 unspecified atom stereocenters.